The molecule has 2 unspecified atom stereocenters. The first kappa shape index (κ1) is 17.4. The summed E-state index contributed by atoms with van der Waals surface area (Å²) >= 11 is 0. The summed E-state index contributed by atoms with van der Waals surface area (Å²) in [5.41, 5.74) is 5.00. The van der Waals surface area contributed by atoms with E-state index in [1.54, 1.807) is 0 Å². The highest BCUT2D eigenvalue weighted by molar-refractivity contribution is 5.72. The first-order valence-electron chi connectivity index (χ1n) is 6.84. The van der Waals surface area contributed by atoms with E-state index < -0.39 is 5.60 Å². The summed E-state index contributed by atoms with van der Waals surface area (Å²) in [5.74, 6) is -0.282. The highest BCUT2D eigenvalue weighted by Crippen LogP contribution is 2.17. The molecule has 0 aromatic rings. The third-order valence-corrected chi connectivity index (χ3v) is 2.58. The van der Waals surface area contributed by atoms with Gasteiger partial charge in [0.1, 0.15) is 5.60 Å². The molecule has 0 spiro atoms. The predicted octanol–water partition coefficient (Wildman–Crippen LogP) is 2.50. The van der Waals surface area contributed by atoms with Gasteiger partial charge in [0.25, 0.3) is 0 Å². The van der Waals surface area contributed by atoms with E-state index in [-0.39, 0.29) is 18.0 Å². The minimum atomic E-state index is -0.423. The fraction of sp³-hybridized carbons (Fsp3) is 0.929. The summed E-state index contributed by atoms with van der Waals surface area (Å²) in [6, 6.07) is 0. The summed E-state index contributed by atoms with van der Waals surface area (Å²) < 4.78 is 11.1. The van der Waals surface area contributed by atoms with Gasteiger partial charge >= 0.3 is 5.97 Å². The number of hydrogen-bond donors (Lipinski definition) is 1. The maximum atomic E-state index is 11.8. The Morgan fingerprint density at radius 3 is 2.39 bits per heavy atom. The van der Waals surface area contributed by atoms with Crippen LogP contribution in [0.4, 0.5) is 0 Å². The molecule has 0 aliphatic heterocycles. The third-order valence-electron chi connectivity index (χ3n) is 2.58. The molecular formula is C14H29NO3. The average Bonchev–Trinajstić information content (AvgIpc) is 2.25. The van der Waals surface area contributed by atoms with Crippen LogP contribution in [0.2, 0.25) is 0 Å². The maximum Gasteiger partial charge on any atom is 0.309 e. The van der Waals surface area contributed by atoms with Crippen molar-refractivity contribution >= 4 is 5.97 Å². The van der Waals surface area contributed by atoms with E-state index in [0.717, 1.165) is 12.8 Å². The quantitative estimate of drug-likeness (QED) is 0.537. The van der Waals surface area contributed by atoms with Crippen LogP contribution in [0.3, 0.4) is 0 Å². The van der Waals surface area contributed by atoms with Crippen molar-refractivity contribution in [2.45, 2.75) is 65.6 Å². The lowest BCUT2D eigenvalue weighted by atomic mass is 10.0. The molecule has 2 N–H and O–H groups in total. The zero-order valence-corrected chi connectivity index (χ0v) is 12.5. The number of esters is 1. The Morgan fingerprint density at radius 1 is 1.33 bits per heavy atom. The van der Waals surface area contributed by atoms with Gasteiger partial charge in [-0.25, -0.2) is 0 Å². The largest absolute Gasteiger partial charge is 0.460 e. The number of hydrogen-bond acceptors (Lipinski definition) is 4. The maximum absolute atomic E-state index is 11.8. The molecule has 0 saturated heterocycles. The summed E-state index contributed by atoms with van der Waals surface area (Å²) in [6.07, 6.45) is 2.57. The van der Waals surface area contributed by atoms with Gasteiger partial charge < -0.3 is 15.2 Å². The van der Waals surface area contributed by atoms with E-state index in [1.807, 2.05) is 27.7 Å². The van der Waals surface area contributed by atoms with Gasteiger partial charge in [0, 0.05) is 6.61 Å². The number of ether oxygens (including phenoxy) is 2. The van der Waals surface area contributed by atoms with Crippen LogP contribution < -0.4 is 5.73 Å². The molecule has 0 aliphatic rings. The van der Waals surface area contributed by atoms with Crippen LogP contribution in [-0.4, -0.2) is 30.8 Å². The molecule has 0 heterocycles. The van der Waals surface area contributed by atoms with Crippen molar-refractivity contribution in [3.8, 4) is 0 Å². The number of rotatable bonds is 8. The summed E-state index contributed by atoms with van der Waals surface area (Å²) in [6.45, 7) is 10.9. The van der Waals surface area contributed by atoms with E-state index in [2.05, 4.69) is 6.92 Å². The van der Waals surface area contributed by atoms with Crippen molar-refractivity contribution in [2.75, 3.05) is 13.2 Å². The molecule has 108 valence electrons. The normalized spacial score (nSPS) is 15.2. The summed E-state index contributed by atoms with van der Waals surface area (Å²) in [4.78, 5) is 11.8. The second-order valence-corrected chi connectivity index (χ2v) is 5.71. The van der Waals surface area contributed by atoms with Gasteiger partial charge in [0.05, 0.1) is 12.0 Å². The molecule has 0 rings (SSSR count). The molecule has 2 atom stereocenters. The van der Waals surface area contributed by atoms with Crippen molar-refractivity contribution in [1.82, 2.24) is 0 Å². The minimum absolute atomic E-state index is 0.110. The van der Waals surface area contributed by atoms with Gasteiger partial charge in [-0.15, -0.1) is 0 Å². The average molecular weight is 259 g/mol. The lowest BCUT2D eigenvalue weighted by Gasteiger charge is -2.24. The van der Waals surface area contributed by atoms with Gasteiger partial charge in [-0.3, -0.25) is 4.79 Å². The Morgan fingerprint density at radius 2 is 1.94 bits per heavy atom. The molecule has 0 aliphatic carbocycles. The third kappa shape index (κ3) is 8.48. The van der Waals surface area contributed by atoms with Crippen molar-refractivity contribution in [1.29, 1.82) is 0 Å². The Balaban J connectivity index is 4.09. The second kappa shape index (κ2) is 8.48. The van der Waals surface area contributed by atoms with Gasteiger partial charge in [-0.2, -0.15) is 0 Å². The lowest BCUT2D eigenvalue weighted by Crippen LogP contribution is -2.30. The monoisotopic (exact) mass is 259 g/mol. The first-order valence-corrected chi connectivity index (χ1v) is 6.84. The molecule has 0 amide bonds. The van der Waals surface area contributed by atoms with Crippen molar-refractivity contribution in [3.63, 3.8) is 0 Å². The molecule has 0 fully saturated rings. The number of carbonyl (C=O) groups is 1. The molecule has 0 saturated carbocycles. The van der Waals surface area contributed by atoms with E-state index in [9.17, 15) is 4.79 Å². The molecule has 18 heavy (non-hydrogen) atoms. The zero-order chi connectivity index (χ0) is 14.2. The standard InChI is InChI=1S/C14H29NO3/c1-6-12(17-9-7-8-15)10-11(2)13(16)18-14(3,4)5/h11-12H,6-10,15H2,1-5H3. The topological polar surface area (TPSA) is 61.5 Å². The lowest BCUT2D eigenvalue weighted by molar-refractivity contribution is -0.160. The van der Waals surface area contributed by atoms with E-state index in [4.69, 9.17) is 15.2 Å². The highest BCUT2D eigenvalue weighted by Gasteiger charge is 2.24. The van der Waals surface area contributed by atoms with Gasteiger partial charge in [0.2, 0.25) is 0 Å². The van der Waals surface area contributed by atoms with Crippen molar-refractivity contribution in [3.05, 3.63) is 0 Å². The van der Waals surface area contributed by atoms with Gasteiger partial charge in [-0.05, 0) is 46.6 Å². The molecule has 4 nitrogen and oxygen atoms in total. The molecule has 0 aromatic heterocycles. The fourth-order valence-electron chi connectivity index (χ4n) is 1.58. The fourth-order valence-corrected chi connectivity index (χ4v) is 1.58. The highest BCUT2D eigenvalue weighted by atomic mass is 16.6. The molecular weight excluding hydrogens is 230 g/mol. The smallest absolute Gasteiger partial charge is 0.309 e. The first-order chi connectivity index (χ1) is 8.30. The van der Waals surface area contributed by atoms with Gasteiger partial charge in [0.15, 0.2) is 0 Å². The van der Waals surface area contributed by atoms with E-state index in [0.29, 0.717) is 19.6 Å². The van der Waals surface area contributed by atoms with Crippen LogP contribution in [0, 0.1) is 5.92 Å². The molecule has 0 aromatic carbocycles. The molecule has 0 bridgehead atoms. The Hall–Kier alpha value is -0.610. The van der Waals surface area contributed by atoms with Crippen LogP contribution in [0.5, 0.6) is 0 Å². The zero-order valence-electron chi connectivity index (χ0n) is 12.5. The van der Waals surface area contributed by atoms with E-state index in [1.165, 1.54) is 0 Å². The molecule has 4 heteroatoms. The number of carbonyl (C=O) groups excluding carboxylic acids is 1. The molecule has 0 radical (unpaired) electrons. The Kier molecular flexibility index (Phi) is 8.20. The Bertz CT molecular complexity index is 236. The van der Waals surface area contributed by atoms with Crippen molar-refractivity contribution < 1.29 is 14.3 Å². The number of nitrogens with two attached hydrogens (primary N) is 1. The SMILES string of the molecule is CCC(CC(C)C(=O)OC(C)(C)C)OCCCN. The van der Waals surface area contributed by atoms with Crippen LogP contribution in [0.25, 0.3) is 0 Å². The van der Waals surface area contributed by atoms with Crippen LogP contribution in [-0.2, 0) is 14.3 Å². The van der Waals surface area contributed by atoms with E-state index >= 15 is 0 Å². The van der Waals surface area contributed by atoms with Gasteiger partial charge in [-0.1, -0.05) is 13.8 Å². The van der Waals surface area contributed by atoms with Crippen molar-refractivity contribution in [2.24, 2.45) is 11.7 Å². The predicted molar refractivity (Wildman–Crippen MR) is 73.3 cm³/mol. The summed E-state index contributed by atoms with van der Waals surface area (Å²) in [5, 5.41) is 0. The van der Waals surface area contributed by atoms with Crippen LogP contribution in [0.15, 0.2) is 0 Å². The second-order valence-electron chi connectivity index (χ2n) is 5.71. The summed E-state index contributed by atoms with van der Waals surface area (Å²) in [7, 11) is 0. The van der Waals surface area contributed by atoms with Crippen LogP contribution >= 0.6 is 0 Å². The Labute approximate surface area is 111 Å². The minimum Gasteiger partial charge on any atom is -0.460 e. The van der Waals surface area contributed by atoms with Crippen LogP contribution in [0.1, 0.15) is 53.9 Å².